The van der Waals surface area contributed by atoms with Gasteiger partial charge in [-0.15, -0.1) is 0 Å². The first-order valence-corrected chi connectivity index (χ1v) is 6.38. The van der Waals surface area contributed by atoms with Crippen molar-refractivity contribution < 1.29 is 14.8 Å². The molecule has 1 amide bonds. The number of carbonyl (C=O) groups excluding carboxylic acids is 1. The van der Waals surface area contributed by atoms with Gasteiger partial charge in [0.25, 0.3) is 0 Å². The Hall–Kier alpha value is -1.96. The maximum absolute atomic E-state index is 12.2. The Morgan fingerprint density at radius 2 is 2.10 bits per heavy atom. The van der Waals surface area contributed by atoms with E-state index in [2.05, 4.69) is 5.10 Å². The number of nitro groups is 1. The van der Waals surface area contributed by atoms with Gasteiger partial charge in [-0.05, 0) is 27.7 Å². The van der Waals surface area contributed by atoms with E-state index < -0.39 is 4.92 Å². The number of hydrogen-bond acceptors (Lipinski definition) is 5. The molecular formula is C12H20N4O4. The second-order valence-corrected chi connectivity index (χ2v) is 4.84. The number of carbonyl (C=O) groups is 1. The van der Waals surface area contributed by atoms with Crippen LogP contribution in [0.5, 0.6) is 0 Å². The Labute approximate surface area is 117 Å². The SMILES string of the molecule is Cc1nn(CC(=O)N(CCO)C(C)C)c(C)c1[N+](=O)[O-]. The van der Waals surface area contributed by atoms with E-state index in [1.54, 1.807) is 13.8 Å². The summed E-state index contributed by atoms with van der Waals surface area (Å²) in [6, 6.07) is -0.0541. The van der Waals surface area contributed by atoms with Crippen LogP contribution < -0.4 is 0 Å². The topological polar surface area (TPSA) is 102 Å². The Kier molecular flexibility index (Phi) is 5.20. The number of nitrogens with zero attached hydrogens (tertiary/aromatic N) is 4. The van der Waals surface area contributed by atoms with Gasteiger partial charge >= 0.3 is 5.69 Å². The van der Waals surface area contributed by atoms with E-state index in [4.69, 9.17) is 5.11 Å². The quantitative estimate of drug-likeness (QED) is 0.610. The molecule has 1 heterocycles. The molecule has 112 valence electrons. The first-order valence-electron chi connectivity index (χ1n) is 6.38. The van der Waals surface area contributed by atoms with E-state index in [1.165, 1.54) is 9.58 Å². The highest BCUT2D eigenvalue weighted by molar-refractivity contribution is 5.76. The number of rotatable bonds is 6. The van der Waals surface area contributed by atoms with Crippen LogP contribution in [0.15, 0.2) is 0 Å². The summed E-state index contributed by atoms with van der Waals surface area (Å²) in [5.41, 5.74) is 0.586. The van der Waals surface area contributed by atoms with Gasteiger partial charge in [0, 0.05) is 12.6 Å². The Morgan fingerprint density at radius 1 is 1.50 bits per heavy atom. The molecule has 1 aromatic rings. The highest BCUT2D eigenvalue weighted by Crippen LogP contribution is 2.21. The molecule has 1 N–H and O–H groups in total. The lowest BCUT2D eigenvalue weighted by molar-refractivity contribution is -0.386. The van der Waals surface area contributed by atoms with Crippen LogP contribution in [-0.2, 0) is 11.3 Å². The lowest BCUT2D eigenvalue weighted by atomic mass is 10.3. The van der Waals surface area contributed by atoms with E-state index >= 15 is 0 Å². The van der Waals surface area contributed by atoms with Crippen LogP contribution >= 0.6 is 0 Å². The summed E-state index contributed by atoms with van der Waals surface area (Å²) in [6.07, 6.45) is 0. The number of hydrogen-bond donors (Lipinski definition) is 1. The summed E-state index contributed by atoms with van der Waals surface area (Å²) in [5, 5.41) is 23.9. The molecule has 0 bridgehead atoms. The van der Waals surface area contributed by atoms with Crippen molar-refractivity contribution in [2.75, 3.05) is 13.2 Å². The molecule has 0 spiro atoms. The summed E-state index contributed by atoms with van der Waals surface area (Å²) in [5.74, 6) is -0.227. The van der Waals surface area contributed by atoms with Crippen LogP contribution in [0.25, 0.3) is 0 Å². The molecular weight excluding hydrogens is 264 g/mol. The first-order chi connectivity index (χ1) is 9.29. The summed E-state index contributed by atoms with van der Waals surface area (Å²) in [4.78, 5) is 24.1. The molecule has 0 saturated carbocycles. The molecule has 0 unspecified atom stereocenters. The Morgan fingerprint density at radius 3 is 2.50 bits per heavy atom. The van der Waals surface area contributed by atoms with Crippen LogP contribution in [0.2, 0.25) is 0 Å². The van der Waals surface area contributed by atoms with E-state index in [9.17, 15) is 14.9 Å². The fourth-order valence-corrected chi connectivity index (χ4v) is 2.10. The van der Waals surface area contributed by atoms with Crippen molar-refractivity contribution in [2.45, 2.75) is 40.3 Å². The van der Waals surface area contributed by atoms with E-state index in [0.717, 1.165) is 0 Å². The number of amides is 1. The highest BCUT2D eigenvalue weighted by atomic mass is 16.6. The minimum atomic E-state index is -0.493. The number of aromatic nitrogens is 2. The third kappa shape index (κ3) is 3.32. The molecule has 0 saturated heterocycles. The molecule has 0 fully saturated rings. The van der Waals surface area contributed by atoms with Gasteiger partial charge in [-0.2, -0.15) is 5.10 Å². The van der Waals surface area contributed by atoms with Gasteiger partial charge in [0.1, 0.15) is 17.9 Å². The Balaban J connectivity index is 2.96. The van der Waals surface area contributed by atoms with Crippen LogP contribution in [0, 0.1) is 24.0 Å². The largest absolute Gasteiger partial charge is 0.395 e. The standard InChI is InChI=1S/C12H20N4O4/c1-8(2)14(5-6-17)11(18)7-15-10(4)12(16(19)20)9(3)13-15/h8,17H,5-7H2,1-4H3. The fourth-order valence-electron chi connectivity index (χ4n) is 2.10. The van der Waals surface area contributed by atoms with Gasteiger partial charge in [0.2, 0.25) is 5.91 Å². The molecule has 1 aromatic heterocycles. The van der Waals surface area contributed by atoms with E-state index in [0.29, 0.717) is 11.4 Å². The van der Waals surface area contributed by atoms with Gasteiger partial charge in [0.05, 0.1) is 11.5 Å². The van der Waals surface area contributed by atoms with Gasteiger partial charge in [-0.1, -0.05) is 0 Å². The average molecular weight is 284 g/mol. The molecule has 0 aliphatic carbocycles. The lowest BCUT2D eigenvalue weighted by Crippen LogP contribution is -2.41. The minimum Gasteiger partial charge on any atom is -0.395 e. The van der Waals surface area contributed by atoms with E-state index in [-0.39, 0.29) is 37.3 Å². The van der Waals surface area contributed by atoms with Gasteiger partial charge in [-0.3, -0.25) is 19.6 Å². The van der Waals surface area contributed by atoms with Crippen molar-refractivity contribution in [3.8, 4) is 0 Å². The molecule has 0 radical (unpaired) electrons. The van der Waals surface area contributed by atoms with Crippen molar-refractivity contribution in [3.05, 3.63) is 21.5 Å². The predicted octanol–water partition coefficient (Wildman–Crippen LogP) is 0.637. The molecule has 8 nitrogen and oxygen atoms in total. The maximum Gasteiger partial charge on any atom is 0.312 e. The summed E-state index contributed by atoms with van der Waals surface area (Å²) >= 11 is 0. The van der Waals surface area contributed by atoms with Crippen LogP contribution in [-0.4, -0.2) is 49.8 Å². The molecule has 8 heteroatoms. The normalized spacial score (nSPS) is 10.9. The van der Waals surface area contributed by atoms with Crippen molar-refractivity contribution >= 4 is 11.6 Å². The lowest BCUT2D eigenvalue weighted by Gasteiger charge is -2.26. The minimum absolute atomic E-state index is 0.0541. The second kappa shape index (κ2) is 6.47. The van der Waals surface area contributed by atoms with Crippen molar-refractivity contribution in [1.82, 2.24) is 14.7 Å². The van der Waals surface area contributed by atoms with Crippen molar-refractivity contribution in [3.63, 3.8) is 0 Å². The molecule has 0 atom stereocenters. The summed E-state index contributed by atoms with van der Waals surface area (Å²) in [6.45, 7) is 6.84. The molecule has 1 rings (SSSR count). The molecule has 0 aliphatic heterocycles. The third-order valence-corrected chi connectivity index (χ3v) is 3.10. The summed E-state index contributed by atoms with van der Waals surface area (Å²) in [7, 11) is 0. The second-order valence-electron chi connectivity index (χ2n) is 4.84. The van der Waals surface area contributed by atoms with Crippen LogP contribution in [0.3, 0.4) is 0 Å². The zero-order valence-corrected chi connectivity index (χ0v) is 12.2. The number of aliphatic hydroxyl groups excluding tert-OH is 1. The van der Waals surface area contributed by atoms with Crippen molar-refractivity contribution in [2.24, 2.45) is 0 Å². The van der Waals surface area contributed by atoms with E-state index in [1.807, 2.05) is 13.8 Å². The smallest absolute Gasteiger partial charge is 0.312 e. The highest BCUT2D eigenvalue weighted by Gasteiger charge is 2.24. The molecule has 0 aromatic carbocycles. The van der Waals surface area contributed by atoms with Gasteiger partial charge in [-0.25, -0.2) is 0 Å². The zero-order valence-electron chi connectivity index (χ0n) is 12.2. The summed E-state index contributed by atoms with van der Waals surface area (Å²) < 4.78 is 1.34. The maximum atomic E-state index is 12.2. The number of aliphatic hydroxyl groups is 1. The average Bonchev–Trinajstić information content (AvgIpc) is 2.60. The third-order valence-electron chi connectivity index (χ3n) is 3.10. The van der Waals surface area contributed by atoms with Crippen LogP contribution in [0.4, 0.5) is 5.69 Å². The first kappa shape index (κ1) is 16.1. The zero-order chi connectivity index (χ0) is 15.4. The Bertz CT molecular complexity index is 510. The molecule has 0 aliphatic rings. The van der Waals surface area contributed by atoms with Gasteiger partial charge < -0.3 is 10.0 Å². The van der Waals surface area contributed by atoms with Crippen molar-refractivity contribution in [1.29, 1.82) is 0 Å². The molecule has 20 heavy (non-hydrogen) atoms. The number of aryl methyl sites for hydroxylation is 1. The predicted molar refractivity (Wildman–Crippen MR) is 72.3 cm³/mol. The fraction of sp³-hybridized carbons (Fsp3) is 0.667. The van der Waals surface area contributed by atoms with Crippen LogP contribution in [0.1, 0.15) is 25.2 Å². The monoisotopic (exact) mass is 284 g/mol. The van der Waals surface area contributed by atoms with Gasteiger partial charge in [0.15, 0.2) is 0 Å².